The van der Waals surface area contributed by atoms with Crippen LogP contribution in [0, 0.1) is 41.4 Å². The van der Waals surface area contributed by atoms with Crippen molar-refractivity contribution in [1.29, 1.82) is 0 Å². The highest BCUT2D eigenvalue weighted by Gasteiger charge is 2.20. The first-order chi connectivity index (χ1) is 21.5. The van der Waals surface area contributed by atoms with Crippen molar-refractivity contribution in [2.75, 3.05) is 0 Å². The van der Waals surface area contributed by atoms with E-state index in [4.69, 9.17) is 0 Å². The molecule has 0 spiro atoms. The Hall–Kier alpha value is -0.790. The number of hydrogen-bond acceptors (Lipinski definition) is 0. The van der Waals surface area contributed by atoms with Gasteiger partial charge in [0.1, 0.15) is 18.4 Å². The number of aromatic nitrogens is 2. The summed E-state index contributed by atoms with van der Waals surface area (Å²) in [6.07, 6.45) is 36.6. The van der Waals surface area contributed by atoms with Gasteiger partial charge in [-0.15, -0.1) is 0 Å². The molecule has 1 heterocycles. The van der Waals surface area contributed by atoms with Crippen molar-refractivity contribution in [3.8, 4) is 0 Å². The fourth-order valence-corrected chi connectivity index (χ4v) is 7.36. The Bertz CT molecular complexity index is 753. The van der Waals surface area contributed by atoms with E-state index in [-0.39, 0.29) is 0 Å². The molecule has 1 aromatic heterocycles. The SMILES string of the molecule is CCCC[n+]1ccn(C(CCCCC(CCC(C)CCCC(C)C)CCC(C)CCCC(C)C)CCC(C)CCCC(C)C)c1. The van der Waals surface area contributed by atoms with Gasteiger partial charge in [-0.1, -0.05) is 172 Å². The largest absolute Gasteiger partial charge is 0.243 e. The molecule has 45 heavy (non-hydrogen) atoms. The maximum absolute atomic E-state index is 2.59. The highest BCUT2D eigenvalue weighted by Crippen LogP contribution is 2.30. The molecule has 266 valence electrons. The zero-order chi connectivity index (χ0) is 33.5. The number of rotatable bonds is 30. The molecule has 0 saturated carbocycles. The Labute approximate surface area is 285 Å². The zero-order valence-electron chi connectivity index (χ0n) is 32.8. The molecule has 4 unspecified atom stereocenters. The van der Waals surface area contributed by atoms with Crippen molar-refractivity contribution in [1.82, 2.24) is 4.57 Å². The van der Waals surface area contributed by atoms with E-state index < -0.39 is 0 Å². The standard InChI is InChI=1S/C43H85N2/c1-11-12-32-44-33-34-45(35-44)43(31-28-41(10)23-17-20-38(6)7)25-14-13-24-42(29-26-39(8)21-15-18-36(2)3)30-27-40(9)22-16-19-37(4)5/h33-43H,11-32H2,1-10H3/q+1. The van der Waals surface area contributed by atoms with Crippen LogP contribution in [0.1, 0.15) is 210 Å². The predicted molar refractivity (Wildman–Crippen MR) is 202 cm³/mol. The number of hydrogen-bond donors (Lipinski definition) is 0. The molecule has 1 rings (SSSR count). The Morgan fingerprint density at radius 3 is 1.40 bits per heavy atom. The minimum absolute atomic E-state index is 0.667. The van der Waals surface area contributed by atoms with E-state index in [1.54, 1.807) is 0 Å². The normalized spacial score (nSPS) is 15.7. The summed E-state index contributed by atoms with van der Waals surface area (Å²) in [4.78, 5) is 0. The van der Waals surface area contributed by atoms with Crippen LogP contribution < -0.4 is 4.57 Å². The molecule has 0 bridgehead atoms. The van der Waals surface area contributed by atoms with Gasteiger partial charge in [-0.05, 0) is 73.5 Å². The molecule has 2 heteroatoms. The van der Waals surface area contributed by atoms with Crippen LogP contribution >= 0.6 is 0 Å². The van der Waals surface area contributed by atoms with Crippen LogP contribution in [0.3, 0.4) is 0 Å². The van der Waals surface area contributed by atoms with E-state index >= 15 is 0 Å². The number of imidazole rings is 1. The maximum Gasteiger partial charge on any atom is 0.243 e. The fourth-order valence-electron chi connectivity index (χ4n) is 7.36. The van der Waals surface area contributed by atoms with Gasteiger partial charge < -0.3 is 0 Å². The van der Waals surface area contributed by atoms with Crippen molar-refractivity contribution >= 4 is 0 Å². The van der Waals surface area contributed by atoms with E-state index in [0.29, 0.717) is 6.04 Å². The molecule has 0 N–H and O–H groups in total. The summed E-state index contributed by atoms with van der Waals surface area (Å²) >= 11 is 0. The average Bonchev–Trinajstić information content (AvgIpc) is 3.44. The van der Waals surface area contributed by atoms with Crippen LogP contribution in [0.5, 0.6) is 0 Å². The highest BCUT2D eigenvalue weighted by atomic mass is 15.1. The van der Waals surface area contributed by atoms with Gasteiger partial charge in [0.25, 0.3) is 0 Å². The van der Waals surface area contributed by atoms with Crippen LogP contribution in [0.25, 0.3) is 0 Å². The summed E-state index contributed by atoms with van der Waals surface area (Å²) in [5.74, 6) is 6.13. The highest BCUT2D eigenvalue weighted by molar-refractivity contribution is 4.77. The molecule has 0 aromatic carbocycles. The molecular weight excluding hydrogens is 544 g/mol. The summed E-state index contributed by atoms with van der Waals surface area (Å²) in [5.41, 5.74) is 0. The van der Waals surface area contributed by atoms with E-state index in [9.17, 15) is 0 Å². The van der Waals surface area contributed by atoms with Crippen molar-refractivity contribution in [3.05, 3.63) is 18.7 Å². The van der Waals surface area contributed by atoms with Gasteiger partial charge in [-0.2, -0.15) is 0 Å². The second kappa shape index (κ2) is 26.2. The van der Waals surface area contributed by atoms with Crippen LogP contribution in [0.2, 0.25) is 0 Å². The van der Waals surface area contributed by atoms with Gasteiger partial charge in [0.05, 0.1) is 6.54 Å². The molecule has 0 amide bonds. The molecule has 0 aliphatic heterocycles. The molecular formula is C43H85N2+. The first-order valence-electron chi connectivity index (χ1n) is 20.6. The lowest BCUT2D eigenvalue weighted by Gasteiger charge is -2.22. The van der Waals surface area contributed by atoms with Crippen molar-refractivity contribution in [3.63, 3.8) is 0 Å². The van der Waals surface area contributed by atoms with Crippen molar-refractivity contribution in [2.45, 2.75) is 217 Å². The minimum atomic E-state index is 0.667. The quantitative estimate of drug-likeness (QED) is 0.0591. The lowest BCUT2D eigenvalue weighted by Crippen LogP contribution is -2.31. The second-order valence-electron chi connectivity index (χ2n) is 17.3. The van der Waals surface area contributed by atoms with Gasteiger partial charge in [0, 0.05) is 0 Å². The molecule has 4 atom stereocenters. The fraction of sp³-hybridized carbons (Fsp3) is 0.930. The topological polar surface area (TPSA) is 8.81 Å². The van der Waals surface area contributed by atoms with Crippen LogP contribution in [-0.4, -0.2) is 4.57 Å². The zero-order valence-corrected chi connectivity index (χ0v) is 32.8. The molecule has 0 fully saturated rings. The Morgan fingerprint density at radius 2 is 0.933 bits per heavy atom. The van der Waals surface area contributed by atoms with Gasteiger partial charge in [-0.3, -0.25) is 0 Å². The lowest BCUT2D eigenvalue weighted by molar-refractivity contribution is -0.697. The third-order valence-corrected chi connectivity index (χ3v) is 10.9. The monoisotopic (exact) mass is 630 g/mol. The van der Waals surface area contributed by atoms with E-state index in [0.717, 1.165) is 48.0 Å². The molecule has 0 aliphatic carbocycles. The number of aryl methyl sites for hydroxylation is 1. The summed E-state index contributed by atoms with van der Waals surface area (Å²) in [7, 11) is 0. The van der Waals surface area contributed by atoms with Crippen LogP contribution in [0.4, 0.5) is 0 Å². The van der Waals surface area contributed by atoms with Crippen LogP contribution in [-0.2, 0) is 6.54 Å². The van der Waals surface area contributed by atoms with Crippen molar-refractivity contribution in [2.24, 2.45) is 41.4 Å². The summed E-state index contributed by atoms with van der Waals surface area (Å²) < 4.78 is 5.02. The van der Waals surface area contributed by atoms with E-state index in [1.165, 1.54) is 135 Å². The smallest absolute Gasteiger partial charge is 0.237 e. The molecule has 0 aliphatic rings. The number of unbranched alkanes of at least 4 members (excludes halogenated alkanes) is 2. The lowest BCUT2D eigenvalue weighted by atomic mass is 9.84. The third-order valence-electron chi connectivity index (χ3n) is 10.9. The predicted octanol–water partition coefficient (Wildman–Crippen LogP) is 14.0. The molecule has 0 radical (unpaired) electrons. The first-order valence-corrected chi connectivity index (χ1v) is 20.6. The maximum atomic E-state index is 2.59. The summed E-state index contributed by atoms with van der Waals surface area (Å²) in [6, 6.07) is 0.667. The van der Waals surface area contributed by atoms with E-state index in [1.807, 2.05) is 0 Å². The van der Waals surface area contributed by atoms with Crippen molar-refractivity contribution < 1.29 is 4.57 Å². The minimum Gasteiger partial charge on any atom is -0.237 e. The van der Waals surface area contributed by atoms with Gasteiger partial charge >= 0.3 is 0 Å². The summed E-state index contributed by atoms with van der Waals surface area (Å²) in [5, 5.41) is 0. The second-order valence-corrected chi connectivity index (χ2v) is 17.3. The van der Waals surface area contributed by atoms with Gasteiger partial charge in [0.2, 0.25) is 6.33 Å². The Kier molecular flexibility index (Phi) is 24.6. The van der Waals surface area contributed by atoms with Gasteiger partial charge in [-0.25, -0.2) is 9.13 Å². The summed E-state index contributed by atoms with van der Waals surface area (Å²) in [6.45, 7) is 25.3. The average molecular weight is 630 g/mol. The molecule has 2 nitrogen and oxygen atoms in total. The first kappa shape index (κ1) is 42.2. The molecule has 1 aromatic rings. The Balaban J connectivity index is 2.70. The van der Waals surface area contributed by atoms with Gasteiger partial charge in [0.15, 0.2) is 0 Å². The number of nitrogens with zero attached hydrogens (tertiary/aromatic N) is 2. The Morgan fingerprint density at radius 1 is 0.467 bits per heavy atom. The molecule has 0 saturated heterocycles. The van der Waals surface area contributed by atoms with Crippen LogP contribution in [0.15, 0.2) is 18.7 Å². The van der Waals surface area contributed by atoms with E-state index in [2.05, 4.69) is 97.1 Å². The third kappa shape index (κ3) is 23.2.